The molecule has 1 unspecified atom stereocenters. The number of β-amino-alcohol motifs (C(OH)–C–C–N with tert-alkyl or cyclic N) is 1. The van der Waals surface area contributed by atoms with Crippen molar-refractivity contribution in [2.45, 2.75) is 52.0 Å². The van der Waals surface area contributed by atoms with Crippen molar-refractivity contribution < 1.29 is 14.7 Å². The van der Waals surface area contributed by atoms with E-state index in [0.717, 1.165) is 21.7 Å². The number of azo groups is 1. The summed E-state index contributed by atoms with van der Waals surface area (Å²) in [4.78, 5) is 35.5. The Labute approximate surface area is 209 Å². The molecule has 9 nitrogen and oxygen atoms in total. The molecule has 2 aliphatic heterocycles. The number of rotatable bonds is 7. The van der Waals surface area contributed by atoms with E-state index in [1.54, 1.807) is 23.7 Å². The van der Waals surface area contributed by atoms with E-state index in [2.05, 4.69) is 20.5 Å². The highest BCUT2D eigenvalue weighted by Gasteiger charge is 2.44. The minimum Gasteiger partial charge on any atom is -0.391 e. The lowest BCUT2D eigenvalue weighted by Gasteiger charge is -2.36. The molecule has 1 aromatic heterocycles. The average molecular weight is 497 g/mol. The van der Waals surface area contributed by atoms with Crippen LogP contribution in [0.3, 0.4) is 0 Å². The van der Waals surface area contributed by atoms with E-state index in [4.69, 9.17) is 0 Å². The maximum Gasteiger partial charge on any atom is 0.243 e. The van der Waals surface area contributed by atoms with Crippen LogP contribution in [0.5, 0.6) is 0 Å². The third-order valence-corrected chi connectivity index (χ3v) is 7.57. The van der Waals surface area contributed by atoms with Gasteiger partial charge in [-0.1, -0.05) is 38.1 Å². The number of aromatic nitrogens is 1. The van der Waals surface area contributed by atoms with Gasteiger partial charge in [-0.2, -0.15) is 10.2 Å². The number of aliphatic hydroxyl groups is 1. The number of benzene rings is 1. The molecule has 2 N–H and O–H groups in total. The first-order valence-electron chi connectivity index (χ1n) is 11.8. The zero-order chi connectivity index (χ0) is 25.1. The monoisotopic (exact) mass is 496 g/mol. The molecule has 0 bridgehead atoms. The van der Waals surface area contributed by atoms with E-state index in [-0.39, 0.29) is 30.7 Å². The summed E-state index contributed by atoms with van der Waals surface area (Å²) in [5.74, 6) is -0.968. The first-order chi connectivity index (χ1) is 16.8. The number of nitrogens with one attached hydrogen (secondary N) is 1. The molecule has 4 rings (SSSR count). The lowest BCUT2D eigenvalue weighted by Crippen LogP contribution is -2.52. The number of aliphatic hydroxyl groups excluding tert-OH is 1. The van der Waals surface area contributed by atoms with Gasteiger partial charge in [-0.3, -0.25) is 9.59 Å². The van der Waals surface area contributed by atoms with Gasteiger partial charge in [-0.05, 0) is 24.0 Å². The Morgan fingerprint density at radius 3 is 2.63 bits per heavy atom. The number of hydrogen-bond donors (Lipinski definition) is 2. The summed E-state index contributed by atoms with van der Waals surface area (Å²) < 4.78 is 0. The van der Waals surface area contributed by atoms with E-state index < -0.39 is 24.2 Å². The van der Waals surface area contributed by atoms with Crippen LogP contribution in [-0.2, 0) is 16.1 Å². The fourth-order valence-electron chi connectivity index (χ4n) is 4.65. The van der Waals surface area contributed by atoms with Gasteiger partial charge in [0.05, 0.1) is 34.3 Å². The Morgan fingerprint density at radius 1 is 1.26 bits per heavy atom. The minimum absolute atomic E-state index is 0.0254. The number of aryl methyl sites for hydroxylation is 1. The van der Waals surface area contributed by atoms with E-state index in [9.17, 15) is 14.7 Å². The molecule has 1 fully saturated rings. The molecule has 2 amide bonds. The third kappa shape index (κ3) is 5.43. The Morgan fingerprint density at radius 2 is 2.00 bits per heavy atom. The van der Waals surface area contributed by atoms with Gasteiger partial charge in [0, 0.05) is 32.8 Å². The summed E-state index contributed by atoms with van der Waals surface area (Å²) in [6.45, 7) is 6.38. The summed E-state index contributed by atoms with van der Waals surface area (Å²) in [5.41, 5.74) is 4.88. The molecule has 4 atom stereocenters. The molecular weight excluding hydrogens is 464 g/mol. The minimum atomic E-state index is -0.741. The van der Waals surface area contributed by atoms with Crippen molar-refractivity contribution >= 4 is 23.2 Å². The van der Waals surface area contributed by atoms with Crippen molar-refractivity contribution in [3.63, 3.8) is 0 Å². The van der Waals surface area contributed by atoms with Crippen molar-refractivity contribution in [1.29, 1.82) is 0 Å². The summed E-state index contributed by atoms with van der Waals surface area (Å²) in [6.07, 6.45) is 2.39. The van der Waals surface area contributed by atoms with Gasteiger partial charge in [-0.25, -0.2) is 4.98 Å². The molecule has 0 aliphatic carbocycles. The van der Waals surface area contributed by atoms with Crippen LogP contribution in [-0.4, -0.2) is 63.6 Å². The zero-order valence-electron chi connectivity index (χ0n) is 20.5. The number of amides is 2. The van der Waals surface area contributed by atoms with Crippen LogP contribution < -0.4 is 5.32 Å². The van der Waals surface area contributed by atoms with Crippen molar-refractivity contribution in [2.75, 3.05) is 13.6 Å². The van der Waals surface area contributed by atoms with Crippen LogP contribution in [0.25, 0.3) is 10.4 Å². The van der Waals surface area contributed by atoms with Gasteiger partial charge in [0.1, 0.15) is 6.04 Å². The Bertz CT molecular complexity index is 1110. The molecule has 0 saturated carbocycles. The fourth-order valence-corrected chi connectivity index (χ4v) is 5.46. The predicted molar refractivity (Wildman–Crippen MR) is 134 cm³/mol. The van der Waals surface area contributed by atoms with E-state index in [1.807, 2.05) is 62.5 Å². The number of carbonyl (C=O) groups is 2. The van der Waals surface area contributed by atoms with E-state index >= 15 is 0 Å². The van der Waals surface area contributed by atoms with Crippen LogP contribution in [0.1, 0.15) is 31.5 Å². The average Bonchev–Trinajstić information content (AvgIpc) is 3.44. The second-order valence-corrected chi connectivity index (χ2v) is 10.3. The smallest absolute Gasteiger partial charge is 0.243 e. The fraction of sp³-hybridized carbons (Fsp3) is 0.480. The second-order valence-electron chi connectivity index (χ2n) is 9.46. The van der Waals surface area contributed by atoms with E-state index in [0.29, 0.717) is 6.54 Å². The number of carbonyl (C=O) groups excluding carboxylic acids is 2. The van der Waals surface area contributed by atoms with Crippen LogP contribution in [0, 0.1) is 18.8 Å². The van der Waals surface area contributed by atoms with Crippen molar-refractivity contribution in [1.82, 2.24) is 20.1 Å². The van der Waals surface area contributed by atoms with Gasteiger partial charge >= 0.3 is 0 Å². The van der Waals surface area contributed by atoms with Crippen LogP contribution in [0.2, 0.25) is 0 Å². The first-order valence-corrected chi connectivity index (χ1v) is 12.7. The number of hydrogen-bond acceptors (Lipinski definition) is 8. The SMILES string of the molecule is Cc1ncsc1-c1ccc(CNC(=O)[C@@H]2C[C@@H](O)CN2C(=O)[C@H](C(C)C)C2N=NC=CN2C)cc1. The molecule has 3 heterocycles. The zero-order valence-corrected chi connectivity index (χ0v) is 21.3. The van der Waals surface area contributed by atoms with Crippen LogP contribution in [0.4, 0.5) is 0 Å². The molecule has 10 heteroatoms. The maximum atomic E-state index is 13.6. The Kier molecular flexibility index (Phi) is 7.61. The molecular formula is C25H32N6O3S. The second kappa shape index (κ2) is 10.7. The number of likely N-dealkylation sites (tertiary alicyclic amines) is 1. The van der Waals surface area contributed by atoms with E-state index in [1.165, 1.54) is 4.90 Å². The Hall–Kier alpha value is -3.11. The van der Waals surface area contributed by atoms with Gasteiger partial charge in [-0.15, -0.1) is 11.3 Å². The summed E-state index contributed by atoms with van der Waals surface area (Å²) in [6, 6.07) is 7.28. The molecule has 186 valence electrons. The maximum absolute atomic E-state index is 13.6. The summed E-state index contributed by atoms with van der Waals surface area (Å²) in [5, 5.41) is 21.5. The highest BCUT2D eigenvalue weighted by atomic mass is 32.1. The topological polar surface area (TPSA) is 110 Å². The van der Waals surface area contributed by atoms with Crippen molar-refractivity contribution in [3.05, 3.63) is 53.4 Å². The predicted octanol–water partition coefficient (Wildman–Crippen LogP) is 3.16. The standard InChI is InChI=1S/C25H32N6O3S/c1-15(2)21(23-29-28-9-10-30(23)4)25(34)31-13-19(32)11-20(31)24(33)26-12-17-5-7-18(8-6-17)22-16(3)27-14-35-22/h5-10,14-15,19-21,23,32H,11-13H2,1-4H3,(H,26,33)/t19-,20+,21-,23?/m1/s1. The Balaban J connectivity index is 1.43. The quantitative estimate of drug-likeness (QED) is 0.612. The molecule has 1 saturated heterocycles. The van der Waals surface area contributed by atoms with Crippen molar-refractivity contribution in [2.24, 2.45) is 22.1 Å². The molecule has 0 spiro atoms. The number of thiazole rings is 1. The summed E-state index contributed by atoms with van der Waals surface area (Å²) >= 11 is 1.60. The third-order valence-electron chi connectivity index (χ3n) is 6.59. The highest BCUT2D eigenvalue weighted by molar-refractivity contribution is 7.13. The van der Waals surface area contributed by atoms with Crippen LogP contribution >= 0.6 is 11.3 Å². The van der Waals surface area contributed by atoms with Gasteiger partial charge in [0.2, 0.25) is 11.8 Å². The molecule has 2 aliphatic rings. The molecule has 0 radical (unpaired) electrons. The largest absolute Gasteiger partial charge is 0.391 e. The lowest BCUT2D eigenvalue weighted by molar-refractivity contribution is -0.144. The van der Waals surface area contributed by atoms with Gasteiger partial charge in [0.15, 0.2) is 6.17 Å². The lowest BCUT2D eigenvalue weighted by atomic mass is 9.90. The normalized spacial score (nSPS) is 22.6. The molecule has 1 aromatic carbocycles. The van der Waals surface area contributed by atoms with Gasteiger partial charge < -0.3 is 20.2 Å². The highest BCUT2D eigenvalue weighted by Crippen LogP contribution is 2.30. The first kappa shape index (κ1) is 25.0. The van der Waals surface area contributed by atoms with Gasteiger partial charge in [0.25, 0.3) is 0 Å². The van der Waals surface area contributed by atoms with Crippen molar-refractivity contribution in [3.8, 4) is 10.4 Å². The molecule has 2 aromatic rings. The number of nitrogens with zero attached hydrogens (tertiary/aromatic N) is 5. The molecule has 35 heavy (non-hydrogen) atoms. The summed E-state index contributed by atoms with van der Waals surface area (Å²) in [7, 11) is 1.85. The van der Waals surface area contributed by atoms with Crippen LogP contribution in [0.15, 0.2) is 52.4 Å².